The van der Waals surface area contributed by atoms with Crippen LogP contribution < -0.4 is 16.4 Å². The molecule has 7 nitrogen and oxygen atoms in total. The first-order valence-corrected chi connectivity index (χ1v) is 9.73. The molecule has 2 saturated carbocycles. The fourth-order valence-corrected chi connectivity index (χ4v) is 3.62. The second kappa shape index (κ2) is 8.79. The van der Waals surface area contributed by atoms with Crippen LogP contribution in [0.4, 0.5) is 24.9 Å². The predicted octanol–water partition coefficient (Wildman–Crippen LogP) is 2.94. The second-order valence-electron chi connectivity index (χ2n) is 7.79. The van der Waals surface area contributed by atoms with Crippen LogP contribution >= 0.6 is 0 Å². The van der Waals surface area contributed by atoms with Crippen molar-refractivity contribution in [3.05, 3.63) is 11.8 Å². The number of aliphatic hydroxyl groups excluding tert-OH is 1. The molecule has 0 bridgehead atoms. The quantitative estimate of drug-likeness (QED) is 0.519. The Kier molecular flexibility index (Phi) is 6.61. The number of alkyl halides is 3. The van der Waals surface area contributed by atoms with E-state index in [4.69, 9.17) is 10.5 Å². The van der Waals surface area contributed by atoms with Crippen LogP contribution in [-0.4, -0.2) is 46.0 Å². The third kappa shape index (κ3) is 5.68. The maximum Gasteiger partial charge on any atom is 0.411 e. The summed E-state index contributed by atoms with van der Waals surface area (Å²) in [5, 5.41) is 16.3. The maximum atomic E-state index is 12.3. The van der Waals surface area contributed by atoms with Crippen molar-refractivity contribution < 1.29 is 23.0 Å². The molecule has 3 unspecified atom stereocenters. The van der Waals surface area contributed by atoms with Crippen molar-refractivity contribution in [3.63, 3.8) is 0 Å². The Morgan fingerprint density at radius 1 is 1.21 bits per heavy atom. The van der Waals surface area contributed by atoms with Crippen LogP contribution in [0.3, 0.4) is 0 Å². The van der Waals surface area contributed by atoms with E-state index < -0.39 is 19.0 Å². The van der Waals surface area contributed by atoms with Crippen molar-refractivity contribution in [2.24, 2.45) is 11.7 Å². The number of rotatable bonds is 7. The van der Waals surface area contributed by atoms with Crippen LogP contribution in [0.2, 0.25) is 0 Å². The highest BCUT2D eigenvalue weighted by atomic mass is 19.4. The lowest BCUT2D eigenvalue weighted by molar-refractivity contribution is -0.187. The van der Waals surface area contributed by atoms with Crippen LogP contribution in [0.25, 0.3) is 0 Å². The lowest BCUT2D eigenvalue weighted by Gasteiger charge is -2.35. The Bertz CT molecular complexity index is 651. The number of nitrogens with two attached hydrogens (primary N) is 1. The summed E-state index contributed by atoms with van der Waals surface area (Å²) in [6.07, 6.45) is 0.315. The zero-order valence-electron chi connectivity index (χ0n) is 15.9. The first kappa shape index (κ1) is 21.1. The van der Waals surface area contributed by atoms with Crippen LogP contribution in [0.1, 0.15) is 57.2 Å². The van der Waals surface area contributed by atoms with E-state index in [1.165, 1.54) is 6.20 Å². The lowest BCUT2D eigenvalue weighted by Crippen LogP contribution is -2.37. The summed E-state index contributed by atoms with van der Waals surface area (Å²) in [7, 11) is 0. The molecule has 2 aliphatic rings. The van der Waals surface area contributed by atoms with Gasteiger partial charge < -0.3 is 26.2 Å². The maximum absolute atomic E-state index is 12.3. The van der Waals surface area contributed by atoms with Gasteiger partial charge in [-0.2, -0.15) is 18.2 Å². The highest BCUT2D eigenvalue weighted by Gasteiger charge is 2.31. The van der Waals surface area contributed by atoms with Gasteiger partial charge in [0, 0.05) is 18.3 Å². The second-order valence-corrected chi connectivity index (χ2v) is 7.79. The van der Waals surface area contributed by atoms with Crippen molar-refractivity contribution in [1.29, 1.82) is 0 Å². The van der Waals surface area contributed by atoms with E-state index in [9.17, 15) is 18.3 Å². The van der Waals surface area contributed by atoms with Gasteiger partial charge in [0.15, 0.2) is 0 Å². The van der Waals surface area contributed by atoms with Gasteiger partial charge in [0.05, 0.1) is 11.7 Å². The molecule has 3 rings (SSSR count). The summed E-state index contributed by atoms with van der Waals surface area (Å²) in [6, 6.07) is 0.358. The van der Waals surface area contributed by atoms with Gasteiger partial charge in [-0.05, 0) is 44.4 Å². The van der Waals surface area contributed by atoms with Gasteiger partial charge in [-0.3, -0.25) is 0 Å². The lowest BCUT2D eigenvalue weighted by atomic mass is 9.81. The minimum absolute atomic E-state index is 0.0647. The number of halogens is 3. The summed E-state index contributed by atoms with van der Waals surface area (Å²) in [6.45, 7) is 0.954. The molecule has 158 valence electrons. The van der Waals surface area contributed by atoms with E-state index >= 15 is 0 Å². The number of ether oxygens (including phenoxy) is 1. The van der Waals surface area contributed by atoms with Gasteiger partial charge in [0.2, 0.25) is 5.95 Å². The van der Waals surface area contributed by atoms with Gasteiger partial charge in [-0.1, -0.05) is 6.92 Å². The number of hydrogen-bond acceptors (Lipinski definition) is 7. The standard InChI is InChI=1S/C18H28F3N5O2/c1-10-2-7-14(10)25-16-13(15(22)27)8-23-17(26-16)24-11-3-5-12(6-4-11)28-9-18(19,20)21/h8,10-12,14-15,27H,2-7,9,22H2,1H3,(H2,23,24,25,26). The van der Waals surface area contributed by atoms with Crippen molar-refractivity contribution in [2.75, 3.05) is 17.2 Å². The van der Waals surface area contributed by atoms with Gasteiger partial charge in [-0.25, -0.2) is 4.98 Å². The molecule has 0 radical (unpaired) electrons. The Morgan fingerprint density at radius 2 is 1.93 bits per heavy atom. The zero-order valence-corrected chi connectivity index (χ0v) is 15.9. The Morgan fingerprint density at radius 3 is 2.46 bits per heavy atom. The van der Waals surface area contributed by atoms with Crippen molar-refractivity contribution in [2.45, 2.75) is 76.0 Å². The molecule has 1 aromatic heterocycles. The molecule has 0 amide bonds. The Labute approximate surface area is 162 Å². The first-order chi connectivity index (χ1) is 13.2. The third-order valence-electron chi connectivity index (χ3n) is 5.57. The molecule has 0 spiro atoms. The molecule has 1 aromatic rings. The smallest absolute Gasteiger partial charge is 0.374 e. The van der Waals surface area contributed by atoms with E-state index in [-0.39, 0.29) is 12.1 Å². The summed E-state index contributed by atoms with van der Waals surface area (Å²) < 4.78 is 41.7. The van der Waals surface area contributed by atoms with Gasteiger partial charge in [0.1, 0.15) is 18.7 Å². The molecule has 1 heterocycles. The first-order valence-electron chi connectivity index (χ1n) is 9.73. The van der Waals surface area contributed by atoms with E-state index in [0.717, 1.165) is 12.8 Å². The molecule has 2 fully saturated rings. The number of nitrogens with zero attached hydrogens (tertiary/aromatic N) is 2. The molecule has 28 heavy (non-hydrogen) atoms. The Balaban J connectivity index is 1.55. The molecular formula is C18H28F3N5O2. The topological polar surface area (TPSA) is 105 Å². The molecule has 0 saturated heterocycles. The summed E-state index contributed by atoms with van der Waals surface area (Å²) in [4.78, 5) is 8.71. The minimum Gasteiger partial charge on any atom is -0.374 e. The number of nitrogens with one attached hydrogen (secondary N) is 2. The fourth-order valence-electron chi connectivity index (χ4n) is 3.62. The van der Waals surface area contributed by atoms with E-state index in [0.29, 0.717) is 55.0 Å². The van der Waals surface area contributed by atoms with Crippen LogP contribution in [0.5, 0.6) is 0 Å². The van der Waals surface area contributed by atoms with Crippen molar-refractivity contribution in [1.82, 2.24) is 9.97 Å². The number of hydrogen-bond donors (Lipinski definition) is 4. The van der Waals surface area contributed by atoms with Gasteiger partial charge in [0.25, 0.3) is 0 Å². The predicted molar refractivity (Wildman–Crippen MR) is 98.7 cm³/mol. The third-order valence-corrected chi connectivity index (χ3v) is 5.57. The number of aromatic nitrogens is 2. The van der Waals surface area contributed by atoms with E-state index in [1.54, 1.807) is 0 Å². The SMILES string of the molecule is CC1CCC1Nc1nc(NC2CCC(OCC(F)(F)F)CC2)ncc1C(N)O. The number of aliphatic hydroxyl groups is 1. The van der Waals surface area contributed by atoms with Crippen molar-refractivity contribution in [3.8, 4) is 0 Å². The molecule has 3 atom stereocenters. The largest absolute Gasteiger partial charge is 0.411 e. The normalized spacial score (nSPS) is 29.1. The zero-order chi connectivity index (χ0) is 20.3. The van der Waals surface area contributed by atoms with Gasteiger partial charge in [-0.15, -0.1) is 0 Å². The highest BCUT2D eigenvalue weighted by molar-refractivity contribution is 5.49. The minimum atomic E-state index is -4.29. The molecule has 2 aliphatic carbocycles. The van der Waals surface area contributed by atoms with E-state index in [1.807, 2.05) is 0 Å². The molecular weight excluding hydrogens is 375 g/mol. The number of anilines is 2. The molecule has 0 aliphatic heterocycles. The molecule has 10 heteroatoms. The molecule has 0 aromatic carbocycles. The summed E-state index contributed by atoms with van der Waals surface area (Å²) >= 11 is 0. The average Bonchev–Trinajstić information content (AvgIpc) is 2.63. The van der Waals surface area contributed by atoms with E-state index in [2.05, 4.69) is 27.5 Å². The summed E-state index contributed by atoms with van der Waals surface area (Å²) in [5.74, 6) is 1.46. The van der Waals surface area contributed by atoms with Crippen molar-refractivity contribution >= 4 is 11.8 Å². The molecule has 5 N–H and O–H groups in total. The van der Waals surface area contributed by atoms with Crippen LogP contribution in [-0.2, 0) is 4.74 Å². The Hall–Kier alpha value is -1.65. The summed E-state index contributed by atoms with van der Waals surface area (Å²) in [5.41, 5.74) is 6.05. The monoisotopic (exact) mass is 403 g/mol. The van der Waals surface area contributed by atoms with Crippen LogP contribution in [0.15, 0.2) is 6.20 Å². The fraction of sp³-hybridized carbons (Fsp3) is 0.778. The highest BCUT2D eigenvalue weighted by Crippen LogP contribution is 2.31. The van der Waals surface area contributed by atoms with Crippen LogP contribution in [0, 0.1) is 5.92 Å². The average molecular weight is 403 g/mol. The van der Waals surface area contributed by atoms with Gasteiger partial charge >= 0.3 is 6.18 Å².